The average molecular weight is 384 g/mol. The molecule has 6 nitrogen and oxygen atoms in total. The molecule has 150 valence electrons. The Morgan fingerprint density at radius 2 is 1.64 bits per heavy atom. The summed E-state index contributed by atoms with van der Waals surface area (Å²) in [5.74, 6) is -0.325. The lowest BCUT2D eigenvalue weighted by Crippen LogP contribution is -2.38. The number of hydrogen-bond acceptors (Lipinski definition) is 4. The van der Waals surface area contributed by atoms with Gasteiger partial charge in [0, 0.05) is 19.7 Å². The molecule has 0 atom stereocenters. The van der Waals surface area contributed by atoms with Crippen molar-refractivity contribution in [2.45, 2.75) is 32.1 Å². The first-order valence-electron chi connectivity index (χ1n) is 9.58. The van der Waals surface area contributed by atoms with Gasteiger partial charge in [-0.1, -0.05) is 30.3 Å². The molecule has 2 rings (SSSR count). The van der Waals surface area contributed by atoms with Gasteiger partial charge in [-0.15, -0.1) is 0 Å². The van der Waals surface area contributed by atoms with Crippen molar-refractivity contribution in [3.8, 4) is 11.5 Å². The summed E-state index contributed by atoms with van der Waals surface area (Å²) < 4.78 is 5.68. The molecule has 0 aromatic heterocycles. The molecule has 0 saturated heterocycles. The number of phenols is 1. The maximum atomic E-state index is 11.4. The van der Waals surface area contributed by atoms with E-state index in [9.17, 15) is 14.7 Å². The molecule has 0 saturated carbocycles. The molecular weight excluding hydrogens is 356 g/mol. The number of phenolic OH excluding ortho intramolecular Hbond substituents is 1. The fourth-order valence-corrected chi connectivity index (χ4v) is 2.91. The van der Waals surface area contributed by atoms with Gasteiger partial charge in [0.2, 0.25) is 0 Å². The Hall–Kier alpha value is -3.02. The number of likely N-dealkylation sites (N-methyl/N-ethyl adjacent to an activating group) is 1. The molecule has 2 aromatic carbocycles. The summed E-state index contributed by atoms with van der Waals surface area (Å²) in [5.41, 5.74) is 2.61. The second-order valence-corrected chi connectivity index (χ2v) is 6.51. The fourth-order valence-electron chi connectivity index (χ4n) is 2.91. The van der Waals surface area contributed by atoms with E-state index in [0.717, 1.165) is 32.1 Å². The zero-order valence-corrected chi connectivity index (χ0v) is 16.2. The number of benzene rings is 2. The summed E-state index contributed by atoms with van der Waals surface area (Å²) >= 11 is 0. The van der Waals surface area contributed by atoms with Crippen LogP contribution >= 0.6 is 0 Å². The van der Waals surface area contributed by atoms with Crippen molar-refractivity contribution in [3.63, 3.8) is 0 Å². The van der Waals surface area contributed by atoms with E-state index in [1.807, 2.05) is 18.2 Å². The summed E-state index contributed by atoms with van der Waals surface area (Å²) in [5, 5.41) is 14.4. The lowest BCUT2D eigenvalue weighted by molar-refractivity contribution is -0.138. The first-order chi connectivity index (χ1) is 13.6. The Labute approximate surface area is 165 Å². The Kier molecular flexibility index (Phi) is 8.85. The van der Waals surface area contributed by atoms with Crippen LogP contribution in [-0.2, 0) is 22.4 Å². The van der Waals surface area contributed by atoms with Crippen LogP contribution in [0.3, 0.4) is 0 Å². The summed E-state index contributed by atoms with van der Waals surface area (Å²) in [6.07, 6.45) is 4.49. The van der Waals surface area contributed by atoms with E-state index in [1.165, 1.54) is 18.2 Å². The van der Waals surface area contributed by atoms with Gasteiger partial charge in [0.25, 0.3) is 0 Å². The quantitative estimate of drug-likeness (QED) is 0.434. The van der Waals surface area contributed by atoms with Gasteiger partial charge in [0.05, 0.1) is 6.61 Å². The summed E-state index contributed by atoms with van der Waals surface area (Å²) in [4.78, 5) is 22.5. The molecule has 0 aliphatic rings. The lowest BCUT2D eigenvalue weighted by atomic mass is 9.98. The molecule has 0 bridgehead atoms. The monoisotopic (exact) mass is 384 g/mol. The van der Waals surface area contributed by atoms with E-state index in [1.54, 1.807) is 18.2 Å². The molecule has 6 heteroatoms. The summed E-state index contributed by atoms with van der Waals surface area (Å²) in [6, 6.07) is 15.2. The first-order valence-corrected chi connectivity index (χ1v) is 9.58. The highest BCUT2D eigenvalue weighted by molar-refractivity contribution is 6.34. The van der Waals surface area contributed by atoms with Crippen LogP contribution in [0.25, 0.3) is 0 Å². The maximum absolute atomic E-state index is 11.4. The van der Waals surface area contributed by atoms with Crippen molar-refractivity contribution in [1.82, 2.24) is 10.6 Å². The normalized spacial score (nSPS) is 10.3. The highest BCUT2D eigenvalue weighted by Crippen LogP contribution is 2.18. The maximum Gasteiger partial charge on any atom is 0.309 e. The molecule has 0 aliphatic heterocycles. The fraction of sp³-hybridized carbons (Fsp3) is 0.364. The second kappa shape index (κ2) is 11.6. The molecular formula is C22H28N2O4. The molecule has 2 amide bonds. The predicted octanol–water partition coefficient (Wildman–Crippen LogP) is 2.59. The molecule has 0 unspecified atom stereocenters. The minimum Gasteiger partial charge on any atom is -0.508 e. The van der Waals surface area contributed by atoms with Gasteiger partial charge in [-0.3, -0.25) is 9.59 Å². The van der Waals surface area contributed by atoms with E-state index in [0.29, 0.717) is 18.9 Å². The van der Waals surface area contributed by atoms with Crippen LogP contribution in [0.2, 0.25) is 0 Å². The van der Waals surface area contributed by atoms with Crippen molar-refractivity contribution in [1.29, 1.82) is 0 Å². The number of aryl methyl sites for hydroxylation is 2. The van der Waals surface area contributed by atoms with Gasteiger partial charge in [0.15, 0.2) is 0 Å². The van der Waals surface area contributed by atoms with Crippen molar-refractivity contribution in [3.05, 3.63) is 59.7 Å². The lowest BCUT2D eigenvalue weighted by Gasteiger charge is -2.11. The minimum absolute atomic E-state index is 0.203. The third-order valence-electron chi connectivity index (χ3n) is 4.39. The number of nitrogens with one attached hydrogen (secondary N) is 2. The van der Waals surface area contributed by atoms with Crippen LogP contribution in [0.15, 0.2) is 48.5 Å². The second-order valence-electron chi connectivity index (χ2n) is 6.51. The number of carbonyl (C=O) groups is 2. The van der Waals surface area contributed by atoms with Gasteiger partial charge in [-0.25, -0.2) is 0 Å². The van der Waals surface area contributed by atoms with Gasteiger partial charge in [-0.2, -0.15) is 0 Å². The van der Waals surface area contributed by atoms with Crippen molar-refractivity contribution in [2.75, 3.05) is 20.2 Å². The topological polar surface area (TPSA) is 87.7 Å². The highest BCUT2D eigenvalue weighted by Gasteiger charge is 2.09. The van der Waals surface area contributed by atoms with E-state index in [2.05, 4.69) is 22.8 Å². The van der Waals surface area contributed by atoms with Crippen LogP contribution in [-0.4, -0.2) is 37.1 Å². The Bertz CT molecular complexity index is 777. The van der Waals surface area contributed by atoms with E-state index in [4.69, 9.17) is 4.74 Å². The van der Waals surface area contributed by atoms with Crippen LogP contribution in [0.1, 0.15) is 30.4 Å². The van der Waals surface area contributed by atoms with Crippen molar-refractivity contribution < 1.29 is 19.4 Å². The van der Waals surface area contributed by atoms with E-state index < -0.39 is 11.8 Å². The zero-order valence-electron chi connectivity index (χ0n) is 16.2. The molecule has 0 aliphatic carbocycles. The molecule has 0 radical (unpaired) electrons. The van der Waals surface area contributed by atoms with Crippen LogP contribution in [0.5, 0.6) is 11.5 Å². The number of aromatic hydroxyl groups is 1. The number of ether oxygens (including phenoxy) is 1. The Balaban J connectivity index is 1.70. The molecule has 0 fully saturated rings. The minimum atomic E-state index is -0.613. The zero-order chi connectivity index (χ0) is 20.2. The number of hydrogen-bond donors (Lipinski definition) is 3. The van der Waals surface area contributed by atoms with Crippen LogP contribution in [0, 0.1) is 0 Å². The van der Waals surface area contributed by atoms with Crippen molar-refractivity contribution >= 4 is 11.8 Å². The SMILES string of the molecule is CNC(=O)C(=O)NCCCCc1ccccc1CCCOc1cccc(O)c1. The number of carbonyl (C=O) groups excluding carboxylic acids is 2. The highest BCUT2D eigenvalue weighted by atomic mass is 16.5. The number of amides is 2. The average Bonchev–Trinajstić information content (AvgIpc) is 2.71. The van der Waals surface area contributed by atoms with Gasteiger partial charge in [0.1, 0.15) is 11.5 Å². The smallest absolute Gasteiger partial charge is 0.309 e. The number of rotatable bonds is 10. The van der Waals surface area contributed by atoms with Crippen LogP contribution in [0.4, 0.5) is 0 Å². The predicted molar refractivity (Wildman–Crippen MR) is 108 cm³/mol. The molecule has 3 N–H and O–H groups in total. The molecule has 2 aromatic rings. The Morgan fingerprint density at radius 1 is 0.929 bits per heavy atom. The van der Waals surface area contributed by atoms with E-state index >= 15 is 0 Å². The van der Waals surface area contributed by atoms with Gasteiger partial charge in [-0.05, 0) is 55.4 Å². The molecule has 0 spiro atoms. The standard InChI is InChI=1S/C22H28N2O4/c1-23-21(26)22(27)24-14-5-4-10-17-8-2-3-9-18(17)11-7-15-28-20-13-6-12-19(25)16-20/h2-3,6,8-9,12-13,16,25H,4-5,7,10-11,14-15H2,1H3,(H,23,26)(H,24,27). The summed E-state index contributed by atoms with van der Waals surface area (Å²) in [7, 11) is 1.44. The molecule has 0 heterocycles. The third kappa shape index (κ3) is 7.31. The third-order valence-corrected chi connectivity index (χ3v) is 4.39. The molecule has 28 heavy (non-hydrogen) atoms. The number of unbranched alkanes of at least 4 members (excludes halogenated alkanes) is 1. The van der Waals surface area contributed by atoms with Gasteiger partial charge >= 0.3 is 11.8 Å². The first kappa shape index (κ1) is 21.3. The largest absolute Gasteiger partial charge is 0.508 e. The Morgan fingerprint density at radius 3 is 2.32 bits per heavy atom. The van der Waals surface area contributed by atoms with Gasteiger partial charge < -0.3 is 20.5 Å². The van der Waals surface area contributed by atoms with Crippen molar-refractivity contribution in [2.24, 2.45) is 0 Å². The van der Waals surface area contributed by atoms with Crippen LogP contribution < -0.4 is 15.4 Å². The summed E-state index contributed by atoms with van der Waals surface area (Å²) in [6.45, 7) is 1.08. The van der Waals surface area contributed by atoms with E-state index in [-0.39, 0.29) is 5.75 Å².